The summed E-state index contributed by atoms with van der Waals surface area (Å²) in [5, 5.41) is 3.24. The van der Waals surface area contributed by atoms with Crippen molar-refractivity contribution < 1.29 is 8.42 Å². The van der Waals surface area contributed by atoms with Gasteiger partial charge in [0.2, 0.25) is 0 Å². The molecule has 0 radical (unpaired) electrons. The predicted octanol–water partition coefficient (Wildman–Crippen LogP) is 0.645. The number of rotatable bonds is 2. The highest BCUT2D eigenvalue weighted by Gasteiger charge is 2.29. The molecule has 2 N–H and O–H groups in total. The number of fused-ring (bicyclic) bond motifs is 1. The second kappa shape index (κ2) is 4.79. The highest BCUT2D eigenvalue weighted by molar-refractivity contribution is 7.90. The molecule has 0 bridgehead atoms. The van der Waals surface area contributed by atoms with Gasteiger partial charge in [-0.15, -0.1) is 0 Å². The maximum atomic E-state index is 11.9. The molecule has 100 valence electrons. The Bertz CT molecular complexity index is 662. The van der Waals surface area contributed by atoms with Crippen LogP contribution >= 0.6 is 0 Å². The third-order valence-corrected chi connectivity index (χ3v) is 4.66. The molecule has 0 amide bonds. The first-order valence-electron chi connectivity index (χ1n) is 6.22. The molecular weight excluding hydrogens is 262 g/mol. The van der Waals surface area contributed by atoms with Gasteiger partial charge in [-0.25, -0.2) is 8.42 Å². The minimum Gasteiger partial charge on any atom is -0.313 e. The van der Waals surface area contributed by atoms with E-state index in [0.717, 1.165) is 19.5 Å². The fraction of sp³-hybridized carbons (Fsp3) is 0.308. The van der Waals surface area contributed by atoms with Gasteiger partial charge in [0.05, 0.1) is 11.4 Å². The molecule has 0 saturated heterocycles. The van der Waals surface area contributed by atoms with Crippen molar-refractivity contribution in [3.63, 3.8) is 0 Å². The zero-order chi connectivity index (χ0) is 13.3. The fourth-order valence-electron chi connectivity index (χ4n) is 2.25. The number of nitrogens with one attached hydrogen (secondary N) is 2. The molecule has 1 aromatic carbocycles. The molecule has 0 fully saturated rings. The largest absolute Gasteiger partial charge is 0.313 e. The number of amidine groups is 1. The third kappa shape index (κ3) is 2.41. The van der Waals surface area contributed by atoms with Crippen molar-refractivity contribution in [2.45, 2.75) is 11.3 Å². The number of hydrogen-bond donors (Lipinski definition) is 2. The molecule has 5 nitrogen and oxygen atoms in total. The number of nitrogens with zero attached hydrogens (tertiary/aromatic N) is 1. The van der Waals surface area contributed by atoms with Gasteiger partial charge < -0.3 is 5.32 Å². The summed E-state index contributed by atoms with van der Waals surface area (Å²) in [5.74, 6) is 0.454. The van der Waals surface area contributed by atoms with Gasteiger partial charge in [0, 0.05) is 12.1 Å². The molecule has 0 unspecified atom stereocenters. The van der Waals surface area contributed by atoms with E-state index in [1.54, 1.807) is 18.2 Å². The Balaban J connectivity index is 1.89. The predicted molar refractivity (Wildman–Crippen MR) is 73.7 cm³/mol. The highest BCUT2D eigenvalue weighted by atomic mass is 32.2. The number of benzene rings is 1. The monoisotopic (exact) mass is 277 g/mol. The maximum Gasteiger partial charge on any atom is 0.263 e. The standard InChI is InChI=1S/C13H15N3O2S/c17-19(18)12-4-2-1-3-11(12)13(16-19)15-9-10-5-7-14-8-6-10/h1-5,14H,6-9H2,(H,15,16). The second-order valence-corrected chi connectivity index (χ2v) is 6.23. The molecule has 0 aromatic heterocycles. The molecule has 2 heterocycles. The SMILES string of the molecule is O=S1(=O)NC(=NCC2=CCNCC2)c2ccccc21. The Morgan fingerprint density at radius 2 is 2.11 bits per heavy atom. The molecule has 3 rings (SSSR count). The molecule has 19 heavy (non-hydrogen) atoms. The Morgan fingerprint density at radius 3 is 2.89 bits per heavy atom. The molecule has 1 aromatic rings. The summed E-state index contributed by atoms with van der Waals surface area (Å²) in [6.45, 7) is 2.37. The van der Waals surface area contributed by atoms with Crippen LogP contribution in [0.25, 0.3) is 0 Å². The van der Waals surface area contributed by atoms with Crippen molar-refractivity contribution in [2.24, 2.45) is 4.99 Å². The summed E-state index contributed by atoms with van der Waals surface area (Å²) in [6.07, 6.45) is 3.08. The van der Waals surface area contributed by atoms with Crippen LogP contribution in [0.4, 0.5) is 0 Å². The van der Waals surface area contributed by atoms with Crippen molar-refractivity contribution in [1.29, 1.82) is 0 Å². The molecule has 0 aliphatic carbocycles. The van der Waals surface area contributed by atoms with Crippen LogP contribution < -0.4 is 10.0 Å². The normalized spacial score (nSPS) is 22.7. The Labute approximate surface area is 112 Å². The van der Waals surface area contributed by atoms with Crippen molar-refractivity contribution in [3.8, 4) is 0 Å². The number of sulfonamides is 1. The van der Waals surface area contributed by atoms with Crippen LogP contribution in [-0.2, 0) is 10.0 Å². The van der Waals surface area contributed by atoms with Crippen molar-refractivity contribution in [3.05, 3.63) is 41.5 Å². The topological polar surface area (TPSA) is 70.6 Å². The molecule has 2 aliphatic rings. The fourth-order valence-corrected chi connectivity index (χ4v) is 3.50. The molecule has 0 spiro atoms. The van der Waals surface area contributed by atoms with E-state index in [0.29, 0.717) is 22.8 Å². The molecule has 0 atom stereocenters. The summed E-state index contributed by atoms with van der Waals surface area (Å²) in [5.41, 5.74) is 1.91. The van der Waals surface area contributed by atoms with Crippen LogP contribution in [0.3, 0.4) is 0 Å². The summed E-state index contributed by atoms with van der Waals surface area (Å²) in [7, 11) is -3.42. The van der Waals surface area contributed by atoms with Crippen LogP contribution in [0.15, 0.2) is 45.8 Å². The smallest absolute Gasteiger partial charge is 0.263 e. The van der Waals surface area contributed by atoms with E-state index < -0.39 is 10.0 Å². The lowest BCUT2D eigenvalue weighted by molar-refractivity contribution is 0.595. The van der Waals surface area contributed by atoms with Crippen LogP contribution in [-0.4, -0.2) is 33.9 Å². The van der Waals surface area contributed by atoms with Gasteiger partial charge in [-0.2, -0.15) is 0 Å². The first-order valence-corrected chi connectivity index (χ1v) is 7.70. The van der Waals surface area contributed by atoms with E-state index in [-0.39, 0.29) is 0 Å². The summed E-state index contributed by atoms with van der Waals surface area (Å²) >= 11 is 0. The first kappa shape index (κ1) is 12.4. The summed E-state index contributed by atoms with van der Waals surface area (Å²) < 4.78 is 26.3. The van der Waals surface area contributed by atoms with Gasteiger partial charge >= 0.3 is 0 Å². The average Bonchev–Trinajstić information content (AvgIpc) is 2.70. The highest BCUT2D eigenvalue weighted by Crippen LogP contribution is 2.22. The van der Waals surface area contributed by atoms with Gasteiger partial charge in [0.15, 0.2) is 0 Å². The third-order valence-electron chi connectivity index (χ3n) is 3.26. The number of aliphatic imine (C=N–C) groups is 1. The van der Waals surface area contributed by atoms with E-state index in [1.807, 2.05) is 6.07 Å². The van der Waals surface area contributed by atoms with Crippen molar-refractivity contribution in [1.82, 2.24) is 10.0 Å². The minimum atomic E-state index is -3.42. The molecule has 0 saturated carbocycles. The molecule has 6 heteroatoms. The van der Waals surface area contributed by atoms with Crippen LogP contribution in [0, 0.1) is 0 Å². The quantitative estimate of drug-likeness (QED) is 0.780. The lowest BCUT2D eigenvalue weighted by Gasteiger charge is -2.12. The first-order chi connectivity index (χ1) is 9.17. The Kier molecular flexibility index (Phi) is 3.12. The second-order valence-electron chi connectivity index (χ2n) is 4.58. The Hall–Kier alpha value is -1.66. The zero-order valence-corrected chi connectivity index (χ0v) is 11.2. The van der Waals surface area contributed by atoms with Crippen LogP contribution in [0.2, 0.25) is 0 Å². The van der Waals surface area contributed by atoms with Gasteiger partial charge in [0.1, 0.15) is 5.84 Å². The maximum absolute atomic E-state index is 11.9. The minimum absolute atomic E-state index is 0.313. The van der Waals surface area contributed by atoms with Crippen molar-refractivity contribution in [2.75, 3.05) is 19.6 Å². The van der Waals surface area contributed by atoms with E-state index in [1.165, 1.54) is 5.57 Å². The lowest BCUT2D eigenvalue weighted by Crippen LogP contribution is -2.24. The van der Waals surface area contributed by atoms with Crippen LogP contribution in [0.1, 0.15) is 12.0 Å². The average molecular weight is 277 g/mol. The van der Waals surface area contributed by atoms with E-state index in [2.05, 4.69) is 21.1 Å². The Morgan fingerprint density at radius 1 is 1.26 bits per heavy atom. The van der Waals surface area contributed by atoms with E-state index in [4.69, 9.17) is 0 Å². The van der Waals surface area contributed by atoms with Crippen LogP contribution in [0.5, 0.6) is 0 Å². The summed E-state index contributed by atoms with van der Waals surface area (Å²) in [6, 6.07) is 6.92. The van der Waals surface area contributed by atoms with Crippen molar-refractivity contribution >= 4 is 15.9 Å². The van der Waals surface area contributed by atoms with Gasteiger partial charge in [0.25, 0.3) is 10.0 Å². The van der Waals surface area contributed by atoms with E-state index in [9.17, 15) is 8.42 Å². The van der Waals surface area contributed by atoms with Gasteiger partial charge in [-0.05, 0) is 25.1 Å². The molecule has 2 aliphatic heterocycles. The van der Waals surface area contributed by atoms with Gasteiger partial charge in [-0.3, -0.25) is 9.71 Å². The number of hydrogen-bond acceptors (Lipinski definition) is 4. The summed E-state index contributed by atoms with van der Waals surface area (Å²) in [4.78, 5) is 4.73. The lowest BCUT2D eigenvalue weighted by atomic mass is 10.1. The zero-order valence-electron chi connectivity index (χ0n) is 10.4. The van der Waals surface area contributed by atoms with Gasteiger partial charge in [-0.1, -0.05) is 23.8 Å². The molecular formula is C13H15N3O2S. The van der Waals surface area contributed by atoms with E-state index >= 15 is 0 Å².